The van der Waals surface area contributed by atoms with Gasteiger partial charge in [-0.25, -0.2) is 0 Å². The van der Waals surface area contributed by atoms with Gasteiger partial charge in [0.25, 0.3) is 5.91 Å². The summed E-state index contributed by atoms with van der Waals surface area (Å²) in [7, 11) is 0. The molecule has 1 amide bonds. The highest BCUT2D eigenvalue weighted by molar-refractivity contribution is 6.54. The third kappa shape index (κ3) is 3.67. The highest BCUT2D eigenvalue weighted by atomic mass is 35.5. The molecule has 0 saturated heterocycles. The largest absolute Gasteiger partial charge is 0.388 e. The average Bonchev–Trinajstić information content (AvgIpc) is 2.28. The number of halogens is 2. The second kappa shape index (κ2) is 6.09. The Balaban J connectivity index is 2.68. The highest BCUT2D eigenvalue weighted by Gasteiger charge is 2.11. The number of anilines is 1. The van der Waals surface area contributed by atoms with Gasteiger partial charge in [-0.15, -0.1) is 0 Å². The van der Waals surface area contributed by atoms with Gasteiger partial charge >= 0.3 is 0 Å². The van der Waals surface area contributed by atoms with Gasteiger partial charge in [0.2, 0.25) is 0 Å². The lowest BCUT2D eigenvalue weighted by atomic mass is 10.1. The predicted octanol–water partition coefficient (Wildman–Crippen LogP) is 2.87. The molecule has 0 bridgehead atoms. The molecule has 2 N–H and O–H groups in total. The van der Waals surface area contributed by atoms with Crippen molar-refractivity contribution in [1.82, 2.24) is 0 Å². The van der Waals surface area contributed by atoms with Crippen molar-refractivity contribution in [1.29, 1.82) is 0 Å². The van der Waals surface area contributed by atoms with E-state index in [0.717, 1.165) is 5.56 Å². The van der Waals surface area contributed by atoms with Crippen molar-refractivity contribution in [2.75, 3.05) is 5.32 Å². The van der Waals surface area contributed by atoms with Crippen LogP contribution in [0.1, 0.15) is 25.0 Å². The second-order valence-electron chi connectivity index (χ2n) is 3.34. The van der Waals surface area contributed by atoms with Crippen molar-refractivity contribution in [2.24, 2.45) is 0 Å². The van der Waals surface area contributed by atoms with Gasteiger partial charge < -0.3 is 10.4 Å². The maximum absolute atomic E-state index is 11.2. The molecule has 0 saturated carbocycles. The molecular formula is C11H13Cl2NO2. The van der Waals surface area contributed by atoms with Crippen LogP contribution in [-0.2, 0) is 4.79 Å². The molecule has 16 heavy (non-hydrogen) atoms. The topological polar surface area (TPSA) is 49.3 Å². The van der Waals surface area contributed by atoms with Crippen LogP contribution in [0.5, 0.6) is 0 Å². The van der Waals surface area contributed by atoms with Gasteiger partial charge in [-0.2, -0.15) is 0 Å². The third-order valence-corrected chi connectivity index (χ3v) is 2.54. The maximum atomic E-state index is 11.2. The van der Waals surface area contributed by atoms with Gasteiger partial charge in [-0.05, 0) is 24.1 Å². The van der Waals surface area contributed by atoms with Gasteiger partial charge in [0.1, 0.15) is 0 Å². The molecule has 1 atom stereocenters. The number of aliphatic hydroxyl groups excluding tert-OH is 1. The number of carbonyl (C=O) groups is 1. The summed E-state index contributed by atoms with van der Waals surface area (Å²) in [6.07, 6.45) is 0.176. The number of alkyl halides is 2. The van der Waals surface area contributed by atoms with Crippen LogP contribution in [0.2, 0.25) is 0 Å². The first-order valence-corrected chi connectivity index (χ1v) is 5.79. The van der Waals surface area contributed by atoms with Gasteiger partial charge in [0, 0.05) is 5.69 Å². The molecule has 88 valence electrons. The Morgan fingerprint density at radius 2 is 1.94 bits per heavy atom. The molecule has 1 aromatic carbocycles. The van der Waals surface area contributed by atoms with E-state index in [1.165, 1.54) is 0 Å². The van der Waals surface area contributed by atoms with Gasteiger partial charge in [-0.1, -0.05) is 42.3 Å². The van der Waals surface area contributed by atoms with Crippen LogP contribution >= 0.6 is 23.2 Å². The molecule has 0 heterocycles. The van der Waals surface area contributed by atoms with E-state index in [1.54, 1.807) is 24.3 Å². The summed E-state index contributed by atoms with van der Waals surface area (Å²) in [4.78, 5) is 10.1. The summed E-state index contributed by atoms with van der Waals surface area (Å²) < 4.78 is 0. The van der Waals surface area contributed by atoms with E-state index in [4.69, 9.17) is 23.2 Å². The number of carbonyl (C=O) groups excluding carboxylic acids is 1. The Hall–Kier alpha value is -0.770. The van der Waals surface area contributed by atoms with E-state index in [9.17, 15) is 9.90 Å². The summed E-state index contributed by atoms with van der Waals surface area (Å²) >= 11 is 10.8. The zero-order valence-electron chi connectivity index (χ0n) is 8.78. The summed E-state index contributed by atoms with van der Waals surface area (Å²) in [6.45, 7) is 1.89. The third-order valence-electron chi connectivity index (χ3n) is 2.15. The Kier molecular flexibility index (Phi) is 5.06. The zero-order chi connectivity index (χ0) is 12.1. The Labute approximate surface area is 104 Å². The first-order chi connectivity index (χ1) is 7.54. The molecule has 0 fully saturated rings. The zero-order valence-corrected chi connectivity index (χ0v) is 10.3. The van der Waals surface area contributed by atoms with Crippen LogP contribution < -0.4 is 5.32 Å². The minimum absolute atomic E-state index is 0.466. The monoisotopic (exact) mass is 261 g/mol. The first kappa shape index (κ1) is 13.3. The maximum Gasteiger partial charge on any atom is 0.257 e. The van der Waals surface area contributed by atoms with Gasteiger partial charge in [-0.3, -0.25) is 4.79 Å². The molecule has 1 rings (SSSR count). The SMILES string of the molecule is CCC(O)c1ccc(NC(=O)C(Cl)Cl)cc1. The normalized spacial score (nSPS) is 12.6. The average molecular weight is 262 g/mol. The summed E-state index contributed by atoms with van der Waals surface area (Å²) in [5.41, 5.74) is 1.41. The van der Waals surface area contributed by atoms with Crippen LogP contribution in [0.25, 0.3) is 0 Å². The van der Waals surface area contributed by atoms with Gasteiger partial charge in [0.15, 0.2) is 4.84 Å². The number of amides is 1. The number of nitrogens with one attached hydrogen (secondary N) is 1. The van der Waals surface area contributed by atoms with Crippen LogP contribution in [0, 0.1) is 0 Å². The van der Waals surface area contributed by atoms with Crippen molar-refractivity contribution >= 4 is 34.8 Å². The molecular weight excluding hydrogens is 249 g/mol. The van der Waals surface area contributed by atoms with Crippen molar-refractivity contribution in [3.63, 3.8) is 0 Å². The van der Waals surface area contributed by atoms with Crippen LogP contribution in [0.3, 0.4) is 0 Å². The minimum atomic E-state index is -1.08. The number of benzene rings is 1. The minimum Gasteiger partial charge on any atom is -0.388 e. The molecule has 0 aliphatic heterocycles. The summed E-state index contributed by atoms with van der Waals surface area (Å²) in [6, 6.07) is 6.90. The molecule has 0 spiro atoms. The molecule has 1 aromatic rings. The number of aliphatic hydroxyl groups is 1. The van der Waals surface area contributed by atoms with Crippen molar-refractivity contribution in [2.45, 2.75) is 24.3 Å². The number of hydrogen-bond acceptors (Lipinski definition) is 2. The van der Waals surface area contributed by atoms with Crippen molar-refractivity contribution in [3.8, 4) is 0 Å². The van der Waals surface area contributed by atoms with Gasteiger partial charge in [0.05, 0.1) is 6.10 Å². The standard InChI is InChI=1S/C11H13Cl2NO2/c1-2-9(15)7-3-5-8(6-4-7)14-11(16)10(12)13/h3-6,9-10,15H,2H2,1H3,(H,14,16). The Bertz CT molecular complexity index is 352. The molecule has 0 aliphatic carbocycles. The van der Waals surface area contributed by atoms with Crippen molar-refractivity contribution in [3.05, 3.63) is 29.8 Å². The van der Waals surface area contributed by atoms with E-state index < -0.39 is 16.8 Å². The van der Waals surface area contributed by atoms with Crippen LogP contribution in [-0.4, -0.2) is 15.8 Å². The van der Waals surface area contributed by atoms with Crippen LogP contribution in [0.15, 0.2) is 24.3 Å². The molecule has 0 aliphatic rings. The second-order valence-corrected chi connectivity index (χ2v) is 4.43. The highest BCUT2D eigenvalue weighted by Crippen LogP contribution is 2.19. The fourth-order valence-corrected chi connectivity index (χ4v) is 1.33. The van der Waals surface area contributed by atoms with E-state index in [1.807, 2.05) is 6.92 Å². The van der Waals surface area contributed by atoms with E-state index >= 15 is 0 Å². The molecule has 1 unspecified atom stereocenters. The first-order valence-electron chi connectivity index (χ1n) is 4.91. The van der Waals surface area contributed by atoms with Crippen molar-refractivity contribution < 1.29 is 9.90 Å². The summed E-state index contributed by atoms with van der Waals surface area (Å²) in [5.74, 6) is -0.466. The Morgan fingerprint density at radius 3 is 2.38 bits per heavy atom. The fourth-order valence-electron chi connectivity index (χ4n) is 1.22. The van der Waals surface area contributed by atoms with E-state index in [-0.39, 0.29) is 0 Å². The molecule has 5 heteroatoms. The predicted molar refractivity (Wildman–Crippen MR) is 65.8 cm³/mol. The lowest BCUT2D eigenvalue weighted by Gasteiger charge is -2.10. The van der Waals surface area contributed by atoms with E-state index in [2.05, 4.69) is 5.32 Å². The lowest BCUT2D eigenvalue weighted by Crippen LogP contribution is -2.18. The lowest BCUT2D eigenvalue weighted by molar-refractivity contribution is -0.114. The molecule has 0 aromatic heterocycles. The quantitative estimate of drug-likeness (QED) is 0.819. The van der Waals surface area contributed by atoms with Crippen LogP contribution in [0.4, 0.5) is 5.69 Å². The number of hydrogen-bond donors (Lipinski definition) is 2. The molecule has 0 radical (unpaired) electrons. The van der Waals surface area contributed by atoms with E-state index in [0.29, 0.717) is 12.1 Å². The smallest absolute Gasteiger partial charge is 0.257 e. The molecule has 3 nitrogen and oxygen atoms in total. The number of rotatable bonds is 4. The summed E-state index contributed by atoms with van der Waals surface area (Å²) in [5, 5.41) is 12.1. The fraction of sp³-hybridized carbons (Fsp3) is 0.364. The Morgan fingerprint density at radius 1 is 1.38 bits per heavy atom.